The maximum absolute atomic E-state index is 13.0. The van der Waals surface area contributed by atoms with Crippen molar-refractivity contribution in [3.8, 4) is 5.88 Å². The summed E-state index contributed by atoms with van der Waals surface area (Å²) in [5.41, 5.74) is 2.07. The van der Waals surface area contributed by atoms with Gasteiger partial charge in [-0.1, -0.05) is 0 Å². The largest absolute Gasteiger partial charge is 0.493 e. The highest BCUT2D eigenvalue weighted by Crippen LogP contribution is 2.40. The van der Waals surface area contributed by atoms with E-state index in [0.29, 0.717) is 35.2 Å². The molecule has 0 amide bonds. The summed E-state index contributed by atoms with van der Waals surface area (Å²) in [6.07, 6.45) is 1.30. The lowest BCUT2D eigenvalue weighted by molar-refractivity contribution is 0.0951. The minimum Gasteiger partial charge on any atom is -0.493 e. The monoisotopic (exact) mass is 378 g/mol. The Bertz CT molecular complexity index is 991. The van der Waals surface area contributed by atoms with Crippen molar-refractivity contribution >= 4 is 15.6 Å². The van der Waals surface area contributed by atoms with E-state index in [1.165, 1.54) is 18.0 Å². The highest BCUT2D eigenvalue weighted by Gasteiger charge is 2.35. The fourth-order valence-electron chi connectivity index (χ4n) is 3.61. The smallest absolute Gasteiger partial charge is 0.220 e. The highest BCUT2D eigenvalue weighted by molar-refractivity contribution is 7.91. The van der Waals surface area contributed by atoms with Gasteiger partial charge in [-0.05, 0) is 44.4 Å². The lowest BCUT2D eigenvalue weighted by Crippen LogP contribution is -2.24. The maximum Gasteiger partial charge on any atom is 0.220 e. The molecule has 2 heterocycles. The van der Waals surface area contributed by atoms with Gasteiger partial charge in [0, 0.05) is 24.8 Å². The van der Waals surface area contributed by atoms with Crippen LogP contribution in [0.15, 0.2) is 17.2 Å². The van der Waals surface area contributed by atoms with Crippen LogP contribution in [0.25, 0.3) is 0 Å². The van der Waals surface area contributed by atoms with Crippen molar-refractivity contribution in [2.75, 3.05) is 12.9 Å². The fourth-order valence-corrected chi connectivity index (χ4v) is 5.51. The van der Waals surface area contributed by atoms with E-state index in [1.807, 2.05) is 6.92 Å². The van der Waals surface area contributed by atoms with Crippen molar-refractivity contribution < 1.29 is 23.1 Å². The van der Waals surface area contributed by atoms with Gasteiger partial charge in [-0.3, -0.25) is 4.79 Å². The predicted octanol–water partition coefficient (Wildman–Crippen LogP) is 2.32. The number of aromatic hydroxyl groups is 1. The van der Waals surface area contributed by atoms with Gasteiger partial charge in [0.05, 0.1) is 22.9 Å². The third-order valence-corrected chi connectivity index (χ3v) is 6.88. The molecular weight excluding hydrogens is 356 g/mol. The van der Waals surface area contributed by atoms with Gasteiger partial charge < -0.3 is 9.84 Å². The van der Waals surface area contributed by atoms with Gasteiger partial charge in [0.15, 0.2) is 15.6 Å². The second kappa shape index (κ2) is 6.51. The van der Waals surface area contributed by atoms with E-state index >= 15 is 0 Å². The number of ether oxygens (including phenoxy) is 1. The van der Waals surface area contributed by atoms with E-state index < -0.39 is 9.84 Å². The normalized spacial score (nSPS) is 18.5. The van der Waals surface area contributed by atoms with Crippen LogP contribution in [0.5, 0.6) is 5.88 Å². The summed E-state index contributed by atoms with van der Waals surface area (Å²) in [6, 6.07) is 1.58. The van der Waals surface area contributed by atoms with Crippen molar-refractivity contribution in [3.05, 3.63) is 40.1 Å². The molecule has 1 atom stereocenters. The number of aromatic nitrogens is 2. The molecule has 3 rings (SSSR count). The molecule has 0 bridgehead atoms. The van der Waals surface area contributed by atoms with Gasteiger partial charge >= 0.3 is 0 Å². The van der Waals surface area contributed by atoms with E-state index in [2.05, 4.69) is 5.10 Å². The number of ketones is 1. The van der Waals surface area contributed by atoms with Crippen LogP contribution in [0.3, 0.4) is 0 Å². The van der Waals surface area contributed by atoms with Gasteiger partial charge in [-0.15, -0.1) is 0 Å². The average molecular weight is 378 g/mol. The zero-order chi connectivity index (χ0) is 19.2. The van der Waals surface area contributed by atoms with Crippen molar-refractivity contribution in [2.45, 2.75) is 44.7 Å². The third kappa shape index (κ3) is 2.73. The highest BCUT2D eigenvalue weighted by atomic mass is 32.2. The first-order chi connectivity index (χ1) is 12.2. The van der Waals surface area contributed by atoms with Crippen LogP contribution >= 0.6 is 0 Å². The topological polar surface area (TPSA) is 98.5 Å². The fraction of sp³-hybridized carbons (Fsp3) is 0.444. The number of fused-ring (bicyclic) bond motifs is 1. The Labute approximate surface area is 152 Å². The standard InChI is InChI=1S/C18H22N2O5S/c1-5-20-18(22)13(9-19-20)16(21)12-8-10(2)17-15(11(12)3)14(25-4)6-7-26(17,23)24/h8-9,14,22H,5-7H2,1-4H3. The Morgan fingerprint density at radius 2 is 2.08 bits per heavy atom. The van der Waals surface area contributed by atoms with Crippen molar-refractivity contribution in [1.29, 1.82) is 0 Å². The van der Waals surface area contributed by atoms with E-state index in [9.17, 15) is 18.3 Å². The zero-order valence-electron chi connectivity index (χ0n) is 15.2. The quantitative estimate of drug-likeness (QED) is 0.820. The van der Waals surface area contributed by atoms with Crippen LogP contribution in [0.1, 0.15) is 52.1 Å². The Balaban J connectivity index is 2.23. The molecule has 0 saturated carbocycles. The Kier molecular flexibility index (Phi) is 4.66. The van der Waals surface area contributed by atoms with Crippen LogP contribution in [-0.4, -0.2) is 42.0 Å². The van der Waals surface area contributed by atoms with Crippen LogP contribution in [-0.2, 0) is 21.1 Å². The summed E-state index contributed by atoms with van der Waals surface area (Å²) >= 11 is 0. The third-order valence-electron chi connectivity index (χ3n) is 4.94. The molecule has 1 aliphatic rings. The molecule has 1 N–H and O–H groups in total. The van der Waals surface area contributed by atoms with E-state index in [-0.39, 0.29) is 34.0 Å². The van der Waals surface area contributed by atoms with Gasteiger partial charge in [0.1, 0.15) is 5.56 Å². The number of carbonyl (C=O) groups is 1. The number of aryl methyl sites for hydroxylation is 2. The maximum atomic E-state index is 13.0. The molecule has 140 valence electrons. The number of methoxy groups -OCH3 is 1. The van der Waals surface area contributed by atoms with Gasteiger partial charge in [-0.2, -0.15) is 5.10 Å². The SMILES string of the molecule is CCn1ncc(C(=O)c2cc(C)c3c(c2C)C(OC)CCS3(=O)=O)c1O. The van der Waals surface area contributed by atoms with E-state index in [4.69, 9.17) is 4.74 Å². The number of benzene rings is 1. The Morgan fingerprint density at radius 3 is 2.65 bits per heavy atom. The molecule has 0 spiro atoms. The summed E-state index contributed by atoms with van der Waals surface area (Å²) in [6.45, 7) is 5.65. The van der Waals surface area contributed by atoms with Crippen molar-refractivity contribution in [3.63, 3.8) is 0 Å². The number of hydrogen-bond acceptors (Lipinski definition) is 6. The summed E-state index contributed by atoms with van der Waals surface area (Å²) in [4.78, 5) is 13.3. The second-order valence-electron chi connectivity index (χ2n) is 6.47. The van der Waals surface area contributed by atoms with Crippen LogP contribution in [0.2, 0.25) is 0 Å². The minimum absolute atomic E-state index is 0.0239. The van der Waals surface area contributed by atoms with Crippen LogP contribution in [0.4, 0.5) is 0 Å². The molecular formula is C18H22N2O5S. The summed E-state index contributed by atoms with van der Waals surface area (Å²) in [7, 11) is -1.88. The van der Waals surface area contributed by atoms with Gasteiger partial charge in [0.2, 0.25) is 5.88 Å². The Hall–Kier alpha value is -2.19. The molecule has 1 aromatic heterocycles. The Morgan fingerprint density at radius 1 is 1.38 bits per heavy atom. The number of carbonyl (C=O) groups excluding carboxylic acids is 1. The number of nitrogens with zero attached hydrogens (tertiary/aromatic N) is 2. The van der Waals surface area contributed by atoms with E-state index in [0.717, 1.165) is 0 Å². The van der Waals surface area contributed by atoms with Crippen LogP contribution < -0.4 is 0 Å². The number of hydrogen-bond donors (Lipinski definition) is 1. The first-order valence-corrected chi connectivity index (χ1v) is 10.1. The van der Waals surface area contributed by atoms with Crippen molar-refractivity contribution in [1.82, 2.24) is 9.78 Å². The molecule has 1 aliphatic heterocycles. The van der Waals surface area contributed by atoms with Crippen molar-refractivity contribution in [2.24, 2.45) is 0 Å². The summed E-state index contributed by atoms with van der Waals surface area (Å²) in [5, 5.41) is 14.2. The summed E-state index contributed by atoms with van der Waals surface area (Å²) in [5.74, 6) is -0.553. The minimum atomic E-state index is -3.41. The number of rotatable bonds is 4. The van der Waals surface area contributed by atoms with E-state index in [1.54, 1.807) is 19.9 Å². The second-order valence-corrected chi connectivity index (χ2v) is 8.51. The summed E-state index contributed by atoms with van der Waals surface area (Å²) < 4.78 is 31.9. The molecule has 7 nitrogen and oxygen atoms in total. The molecule has 1 aromatic carbocycles. The lowest BCUT2D eigenvalue weighted by Gasteiger charge is -2.28. The number of sulfone groups is 1. The average Bonchev–Trinajstić information content (AvgIpc) is 2.97. The van der Waals surface area contributed by atoms with Gasteiger partial charge in [-0.25, -0.2) is 13.1 Å². The van der Waals surface area contributed by atoms with Crippen LogP contribution in [0, 0.1) is 13.8 Å². The molecule has 8 heteroatoms. The molecule has 1 unspecified atom stereocenters. The molecule has 0 fully saturated rings. The molecule has 0 radical (unpaired) electrons. The first-order valence-electron chi connectivity index (χ1n) is 8.42. The predicted molar refractivity (Wildman–Crippen MR) is 95.3 cm³/mol. The lowest BCUT2D eigenvalue weighted by atomic mass is 9.90. The zero-order valence-corrected chi connectivity index (χ0v) is 16.1. The molecule has 2 aromatic rings. The molecule has 0 aliphatic carbocycles. The molecule has 0 saturated heterocycles. The first kappa shape index (κ1) is 18.6. The van der Waals surface area contributed by atoms with Gasteiger partial charge in [0.25, 0.3) is 0 Å². The molecule has 26 heavy (non-hydrogen) atoms.